The summed E-state index contributed by atoms with van der Waals surface area (Å²) in [6.45, 7) is 18.8. The molecule has 2 unspecified atom stereocenters. The van der Waals surface area contributed by atoms with Crippen molar-refractivity contribution in [3.05, 3.63) is 0 Å². The zero-order chi connectivity index (χ0) is 25.8. The summed E-state index contributed by atoms with van der Waals surface area (Å²) >= 11 is 0. The molecule has 0 N–H and O–H groups in total. The third-order valence-corrected chi connectivity index (χ3v) is 7.79. The zero-order valence-electron chi connectivity index (χ0n) is 23.8. The van der Waals surface area contributed by atoms with E-state index in [4.69, 9.17) is 9.47 Å². The lowest BCUT2D eigenvalue weighted by Crippen LogP contribution is -2.32. The lowest BCUT2D eigenvalue weighted by Gasteiger charge is -2.30. The molecule has 0 saturated heterocycles. The highest BCUT2D eigenvalue weighted by atomic mass is 16.5. The fraction of sp³-hybridized carbons (Fsp3) is 0.933. The van der Waals surface area contributed by atoms with Crippen LogP contribution < -0.4 is 0 Å². The van der Waals surface area contributed by atoms with Crippen molar-refractivity contribution in [3.63, 3.8) is 0 Å². The van der Waals surface area contributed by atoms with Gasteiger partial charge in [-0.25, -0.2) is 0 Å². The van der Waals surface area contributed by atoms with E-state index in [0.29, 0.717) is 13.2 Å². The lowest BCUT2D eigenvalue weighted by atomic mass is 9.81. The Bertz CT molecular complexity index is 535. The summed E-state index contributed by atoms with van der Waals surface area (Å²) in [6.07, 6.45) is 12.4. The molecule has 1 aliphatic rings. The van der Waals surface area contributed by atoms with Crippen molar-refractivity contribution in [2.45, 2.75) is 132 Å². The molecule has 1 aliphatic carbocycles. The van der Waals surface area contributed by atoms with Crippen molar-refractivity contribution < 1.29 is 19.1 Å². The molecule has 0 heterocycles. The van der Waals surface area contributed by atoms with Crippen LogP contribution in [-0.2, 0) is 19.1 Å². The Morgan fingerprint density at radius 2 is 1.00 bits per heavy atom. The van der Waals surface area contributed by atoms with Gasteiger partial charge in [-0.2, -0.15) is 0 Å². The van der Waals surface area contributed by atoms with E-state index >= 15 is 0 Å². The molecule has 0 radical (unpaired) electrons. The number of carbonyl (C=O) groups is 2. The monoisotopic (exact) mass is 480 g/mol. The molecule has 1 rings (SSSR count). The van der Waals surface area contributed by atoms with Crippen molar-refractivity contribution in [1.29, 1.82) is 0 Å². The van der Waals surface area contributed by atoms with Crippen LogP contribution in [0.5, 0.6) is 0 Å². The summed E-state index contributed by atoms with van der Waals surface area (Å²) in [4.78, 5) is 25.3. The first-order valence-electron chi connectivity index (χ1n) is 14.2. The number of hydrogen-bond acceptors (Lipinski definition) is 4. The molecule has 0 aromatic heterocycles. The second-order valence-corrected chi connectivity index (χ2v) is 13.0. The topological polar surface area (TPSA) is 52.6 Å². The fourth-order valence-electron chi connectivity index (χ4n) is 5.03. The van der Waals surface area contributed by atoms with Crippen molar-refractivity contribution in [1.82, 2.24) is 0 Å². The predicted molar refractivity (Wildman–Crippen MR) is 142 cm³/mol. The van der Waals surface area contributed by atoms with Gasteiger partial charge >= 0.3 is 11.9 Å². The van der Waals surface area contributed by atoms with E-state index in [1.807, 2.05) is 0 Å². The average molecular weight is 481 g/mol. The third-order valence-electron chi connectivity index (χ3n) is 7.79. The lowest BCUT2D eigenvalue weighted by molar-refractivity contribution is -0.158. The number of hydrogen-bond donors (Lipinski definition) is 0. The summed E-state index contributed by atoms with van der Waals surface area (Å²) in [5.74, 6) is 1.15. The van der Waals surface area contributed by atoms with Crippen LogP contribution in [0.25, 0.3) is 0 Å². The molecular formula is C30H56O4. The van der Waals surface area contributed by atoms with Gasteiger partial charge in [-0.1, -0.05) is 93.9 Å². The highest BCUT2D eigenvalue weighted by Gasteiger charge is 2.33. The second-order valence-electron chi connectivity index (χ2n) is 13.0. The van der Waals surface area contributed by atoms with Crippen molar-refractivity contribution in [2.75, 3.05) is 13.2 Å². The van der Waals surface area contributed by atoms with Crippen LogP contribution in [0.2, 0.25) is 0 Å². The van der Waals surface area contributed by atoms with Gasteiger partial charge in [-0.05, 0) is 61.2 Å². The van der Waals surface area contributed by atoms with Gasteiger partial charge in [0.1, 0.15) is 0 Å². The van der Waals surface area contributed by atoms with Crippen LogP contribution in [0.15, 0.2) is 0 Å². The Balaban J connectivity index is 2.33. The quantitative estimate of drug-likeness (QED) is 0.208. The van der Waals surface area contributed by atoms with Crippen LogP contribution in [0, 0.1) is 34.5 Å². The molecule has 1 fully saturated rings. The maximum absolute atomic E-state index is 12.7. The predicted octanol–water partition coefficient (Wildman–Crippen LogP) is 8.36. The zero-order valence-corrected chi connectivity index (χ0v) is 23.8. The normalized spacial score (nSPS) is 21.1. The Labute approximate surface area is 211 Å². The number of ether oxygens (including phenoxy) is 2. The SMILES string of the molecule is CCCC(C)CCC(C)(C)COC(=O)C1CCC(C(=O)OCC(C)(C)CCC(C)CCC)CC1. The fourth-order valence-corrected chi connectivity index (χ4v) is 5.03. The van der Waals surface area contributed by atoms with E-state index < -0.39 is 0 Å². The second kappa shape index (κ2) is 15.1. The molecule has 1 saturated carbocycles. The minimum absolute atomic E-state index is 0.0137. The van der Waals surface area contributed by atoms with Gasteiger partial charge in [0, 0.05) is 0 Å². The van der Waals surface area contributed by atoms with Crippen LogP contribution >= 0.6 is 0 Å². The molecule has 0 aromatic rings. The first-order chi connectivity index (χ1) is 15.9. The Kier molecular flexibility index (Phi) is 13.8. The van der Waals surface area contributed by atoms with Crippen molar-refractivity contribution >= 4 is 11.9 Å². The van der Waals surface area contributed by atoms with Crippen LogP contribution in [0.4, 0.5) is 0 Å². The smallest absolute Gasteiger partial charge is 0.308 e. The van der Waals surface area contributed by atoms with Gasteiger partial charge in [0.15, 0.2) is 0 Å². The number of esters is 2. The van der Waals surface area contributed by atoms with Crippen LogP contribution in [-0.4, -0.2) is 25.2 Å². The van der Waals surface area contributed by atoms with Gasteiger partial charge in [0.2, 0.25) is 0 Å². The van der Waals surface area contributed by atoms with Gasteiger partial charge in [0.05, 0.1) is 25.0 Å². The summed E-state index contributed by atoms with van der Waals surface area (Å²) in [5.41, 5.74) is 0.0274. The molecule has 0 spiro atoms. The largest absolute Gasteiger partial charge is 0.465 e. The Morgan fingerprint density at radius 1 is 0.676 bits per heavy atom. The maximum atomic E-state index is 12.7. The van der Waals surface area contributed by atoms with Gasteiger partial charge in [-0.15, -0.1) is 0 Å². The maximum Gasteiger partial charge on any atom is 0.308 e. The number of carbonyl (C=O) groups excluding carboxylic acids is 2. The first kappa shape index (κ1) is 31.0. The van der Waals surface area contributed by atoms with Gasteiger partial charge in [-0.3, -0.25) is 9.59 Å². The van der Waals surface area contributed by atoms with Gasteiger partial charge in [0.25, 0.3) is 0 Å². The highest BCUT2D eigenvalue weighted by Crippen LogP contribution is 2.33. The van der Waals surface area contributed by atoms with E-state index in [9.17, 15) is 9.59 Å². The van der Waals surface area contributed by atoms with E-state index in [0.717, 1.165) is 50.4 Å². The van der Waals surface area contributed by atoms with Crippen LogP contribution in [0.3, 0.4) is 0 Å². The average Bonchev–Trinajstić information content (AvgIpc) is 2.79. The molecular weight excluding hydrogens is 424 g/mol. The Hall–Kier alpha value is -1.06. The number of rotatable bonds is 16. The highest BCUT2D eigenvalue weighted by molar-refractivity contribution is 5.75. The molecule has 0 aromatic carbocycles. The summed E-state index contributed by atoms with van der Waals surface area (Å²) in [5, 5.41) is 0. The third kappa shape index (κ3) is 12.6. The summed E-state index contributed by atoms with van der Waals surface area (Å²) in [7, 11) is 0. The van der Waals surface area contributed by atoms with E-state index in [2.05, 4.69) is 55.4 Å². The van der Waals surface area contributed by atoms with E-state index in [1.54, 1.807) is 0 Å². The van der Waals surface area contributed by atoms with Crippen LogP contribution in [0.1, 0.15) is 132 Å². The molecule has 4 heteroatoms. The molecule has 2 atom stereocenters. The molecule has 4 nitrogen and oxygen atoms in total. The molecule has 0 amide bonds. The van der Waals surface area contributed by atoms with Crippen molar-refractivity contribution in [2.24, 2.45) is 34.5 Å². The minimum Gasteiger partial charge on any atom is -0.465 e. The van der Waals surface area contributed by atoms with E-state index in [-0.39, 0.29) is 34.6 Å². The van der Waals surface area contributed by atoms with Crippen molar-refractivity contribution in [3.8, 4) is 0 Å². The summed E-state index contributed by atoms with van der Waals surface area (Å²) in [6, 6.07) is 0. The first-order valence-corrected chi connectivity index (χ1v) is 14.2. The standard InChI is InChI=1S/C30H56O4/c1-9-11-23(3)17-19-29(5,6)21-33-27(31)25-13-15-26(16-14-25)28(32)34-22-30(7,8)20-18-24(4)12-10-2/h23-26H,9-22H2,1-8H3. The molecule has 0 bridgehead atoms. The minimum atomic E-state index is -0.0798. The molecule has 34 heavy (non-hydrogen) atoms. The van der Waals surface area contributed by atoms with E-state index in [1.165, 1.54) is 38.5 Å². The molecule has 0 aliphatic heterocycles. The van der Waals surface area contributed by atoms with Gasteiger partial charge < -0.3 is 9.47 Å². The Morgan fingerprint density at radius 3 is 1.29 bits per heavy atom. The summed E-state index contributed by atoms with van der Waals surface area (Å²) < 4.78 is 11.5. The molecule has 200 valence electrons.